The summed E-state index contributed by atoms with van der Waals surface area (Å²) in [6, 6.07) is 0. The molecule has 1 fully saturated rings. The predicted octanol–water partition coefficient (Wildman–Crippen LogP) is 0.513. The highest BCUT2D eigenvalue weighted by Crippen LogP contribution is 2.17. The van der Waals surface area contributed by atoms with E-state index in [1.165, 1.54) is 0 Å². The average molecular weight is 111 g/mol. The molecule has 0 atom stereocenters. The molecule has 2 nitrogen and oxygen atoms in total. The van der Waals surface area contributed by atoms with Crippen molar-refractivity contribution in [2.75, 3.05) is 0 Å². The zero-order chi connectivity index (χ0) is 6.15. The molecular formula is C6H7O2. The van der Waals surface area contributed by atoms with Crippen molar-refractivity contribution in [2.24, 2.45) is 0 Å². The lowest BCUT2D eigenvalue weighted by Crippen LogP contribution is -2.05. The third-order valence-electron chi connectivity index (χ3n) is 1.42. The van der Waals surface area contributed by atoms with E-state index in [1.54, 1.807) is 6.92 Å². The highest BCUT2D eigenvalue weighted by molar-refractivity contribution is 6.20. The Bertz CT molecular complexity index is 121. The molecule has 0 amide bonds. The van der Waals surface area contributed by atoms with E-state index in [0.29, 0.717) is 18.8 Å². The minimum atomic E-state index is 0.0231. The van der Waals surface area contributed by atoms with Gasteiger partial charge in [-0.25, -0.2) is 0 Å². The minimum absolute atomic E-state index is 0.0231. The molecule has 1 aliphatic carbocycles. The molecule has 1 saturated carbocycles. The molecule has 0 aliphatic heterocycles. The van der Waals surface area contributed by atoms with Crippen LogP contribution in [-0.4, -0.2) is 11.6 Å². The Labute approximate surface area is 47.9 Å². The number of carbonyl (C=O) groups is 2. The number of Topliss-reactive ketones (excluding diaryl/α,β-unsaturated/α-hetero) is 2. The minimum Gasteiger partial charge on any atom is -0.299 e. The Balaban J connectivity index is 2.70. The van der Waals surface area contributed by atoms with Gasteiger partial charge in [-0.1, -0.05) is 0 Å². The third kappa shape index (κ3) is 0.661. The summed E-state index contributed by atoms with van der Waals surface area (Å²) in [6.07, 6.45) is 0.870. The number of carbonyl (C=O) groups excluding carboxylic acids is 2. The molecule has 0 spiro atoms. The smallest absolute Gasteiger partial charge is 0.148 e. The fourth-order valence-corrected chi connectivity index (χ4v) is 0.758. The maximum atomic E-state index is 10.5. The van der Waals surface area contributed by atoms with Crippen LogP contribution < -0.4 is 0 Å². The van der Waals surface area contributed by atoms with E-state index in [0.717, 1.165) is 0 Å². The Morgan fingerprint density at radius 3 is 1.62 bits per heavy atom. The van der Waals surface area contributed by atoms with Crippen LogP contribution in [0.4, 0.5) is 0 Å². The second kappa shape index (κ2) is 1.69. The van der Waals surface area contributed by atoms with Gasteiger partial charge in [0, 0.05) is 12.8 Å². The van der Waals surface area contributed by atoms with Crippen LogP contribution in [0.2, 0.25) is 0 Å². The van der Waals surface area contributed by atoms with Gasteiger partial charge in [-0.05, 0) is 6.92 Å². The van der Waals surface area contributed by atoms with Crippen LogP contribution in [0.5, 0.6) is 0 Å². The zero-order valence-electron chi connectivity index (χ0n) is 4.73. The van der Waals surface area contributed by atoms with E-state index in [1.807, 2.05) is 0 Å². The third-order valence-corrected chi connectivity index (χ3v) is 1.42. The first-order valence-corrected chi connectivity index (χ1v) is 2.62. The average Bonchev–Trinajstić information content (AvgIpc) is 1.98. The van der Waals surface area contributed by atoms with Gasteiger partial charge < -0.3 is 0 Å². The van der Waals surface area contributed by atoms with Crippen molar-refractivity contribution in [3.63, 3.8) is 0 Å². The van der Waals surface area contributed by atoms with Gasteiger partial charge in [0.2, 0.25) is 0 Å². The molecule has 2 heteroatoms. The summed E-state index contributed by atoms with van der Waals surface area (Å²) >= 11 is 0. The standard InChI is InChI=1S/C6H7O2/c1-4-5(7)2-3-6(4)8/h2-3H2,1H3. The van der Waals surface area contributed by atoms with Gasteiger partial charge in [0.05, 0.1) is 0 Å². The van der Waals surface area contributed by atoms with Crippen LogP contribution in [-0.2, 0) is 9.59 Å². The highest BCUT2D eigenvalue weighted by Gasteiger charge is 2.28. The van der Waals surface area contributed by atoms with Gasteiger partial charge in [-0.2, -0.15) is 0 Å². The maximum Gasteiger partial charge on any atom is 0.148 e. The van der Waals surface area contributed by atoms with Gasteiger partial charge in [0.1, 0.15) is 17.5 Å². The van der Waals surface area contributed by atoms with E-state index in [-0.39, 0.29) is 11.6 Å². The van der Waals surface area contributed by atoms with Gasteiger partial charge in [-0.3, -0.25) is 9.59 Å². The SMILES string of the molecule is C[C]1C(=O)CCC1=O. The second-order valence-corrected chi connectivity index (χ2v) is 1.97. The first kappa shape index (κ1) is 5.48. The molecule has 0 bridgehead atoms. The molecule has 8 heavy (non-hydrogen) atoms. The first-order valence-electron chi connectivity index (χ1n) is 2.62. The molecule has 1 radical (unpaired) electrons. The molecule has 0 aromatic rings. The molecule has 43 valence electrons. The topological polar surface area (TPSA) is 34.1 Å². The quantitative estimate of drug-likeness (QED) is 0.456. The van der Waals surface area contributed by atoms with Crippen LogP contribution in [0.25, 0.3) is 0 Å². The Morgan fingerprint density at radius 2 is 1.50 bits per heavy atom. The van der Waals surface area contributed by atoms with E-state index >= 15 is 0 Å². The monoisotopic (exact) mass is 111 g/mol. The summed E-state index contributed by atoms with van der Waals surface area (Å²) in [7, 11) is 0. The Hall–Kier alpha value is -0.660. The first-order chi connectivity index (χ1) is 3.72. The van der Waals surface area contributed by atoms with Gasteiger partial charge in [0.15, 0.2) is 0 Å². The Kier molecular flexibility index (Phi) is 1.16. The molecular weight excluding hydrogens is 104 g/mol. The summed E-state index contributed by atoms with van der Waals surface area (Å²) < 4.78 is 0. The van der Waals surface area contributed by atoms with Crippen molar-refractivity contribution in [1.29, 1.82) is 0 Å². The predicted molar refractivity (Wildman–Crippen MR) is 28.2 cm³/mol. The molecule has 1 rings (SSSR count). The van der Waals surface area contributed by atoms with Crippen LogP contribution >= 0.6 is 0 Å². The molecule has 0 unspecified atom stereocenters. The summed E-state index contributed by atoms with van der Waals surface area (Å²) in [5, 5.41) is 0. The maximum absolute atomic E-state index is 10.5. The van der Waals surface area contributed by atoms with E-state index in [2.05, 4.69) is 0 Å². The zero-order valence-corrected chi connectivity index (χ0v) is 4.73. The number of rotatable bonds is 0. The van der Waals surface area contributed by atoms with Crippen molar-refractivity contribution in [3.05, 3.63) is 5.92 Å². The van der Waals surface area contributed by atoms with Crippen molar-refractivity contribution < 1.29 is 9.59 Å². The van der Waals surface area contributed by atoms with Crippen LogP contribution in [0.1, 0.15) is 19.8 Å². The van der Waals surface area contributed by atoms with Gasteiger partial charge in [0.25, 0.3) is 0 Å². The molecule has 0 aromatic heterocycles. The fraction of sp³-hybridized carbons (Fsp3) is 0.500. The van der Waals surface area contributed by atoms with E-state index < -0.39 is 0 Å². The van der Waals surface area contributed by atoms with Gasteiger partial charge in [-0.15, -0.1) is 0 Å². The van der Waals surface area contributed by atoms with Crippen molar-refractivity contribution in [2.45, 2.75) is 19.8 Å². The van der Waals surface area contributed by atoms with Crippen molar-refractivity contribution in [1.82, 2.24) is 0 Å². The number of hydrogen-bond donors (Lipinski definition) is 0. The lowest BCUT2D eigenvalue weighted by Gasteiger charge is -1.89. The van der Waals surface area contributed by atoms with Crippen LogP contribution in [0.3, 0.4) is 0 Å². The van der Waals surface area contributed by atoms with Crippen LogP contribution in [0, 0.1) is 5.92 Å². The summed E-state index contributed by atoms with van der Waals surface area (Å²) in [4.78, 5) is 21.1. The van der Waals surface area contributed by atoms with Gasteiger partial charge >= 0.3 is 0 Å². The largest absolute Gasteiger partial charge is 0.299 e. The summed E-state index contributed by atoms with van der Waals surface area (Å²) in [5.41, 5.74) is 0. The normalized spacial score (nSPS) is 22.6. The lowest BCUT2D eigenvalue weighted by molar-refractivity contribution is -0.119. The molecule has 1 aliphatic rings. The van der Waals surface area contributed by atoms with Crippen LogP contribution in [0.15, 0.2) is 0 Å². The number of hydrogen-bond acceptors (Lipinski definition) is 2. The van der Waals surface area contributed by atoms with Crippen molar-refractivity contribution in [3.8, 4) is 0 Å². The highest BCUT2D eigenvalue weighted by atomic mass is 16.2. The van der Waals surface area contributed by atoms with E-state index in [4.69, 9.17) is 0 Å². The summed E-state index contributed by atoms with van der Waals surface area (Å²) in [6.45, 7) is 1.59. The molecule has 0 heterocycles. The molecule has 0 aromatic carbocycles. The molecule has 0 saturated heterocycles. The Morgan fingerprint density at radius 1 is 1.12 bits per heavy atom. The second-order valence-electron chi connectivity index (χ2n) is 1.97. The van der Waals surface area contributed by atoms with Crippen molar-refractivity contribution >= 4 is 11.6 Å². The van der Waals surface area contributed by atoms with E-state index in [9.17, 15) is 9.59 Å². The fourth-order valence-electron chi connectivity index (χ4n) is 0.758. The molecule has 0 N–H and O–H groups in total. The lowest BCUT2D eigenvalue weighted by atomic mass is 10.1. The number of ketones is 2. The summed E-state index contributed by atoms with van der Waals surface area (Å²) in [5.74, 6) is 0.481.